The molecule has 1 amide bonds. The van der Waals surface area contributed by atoms with Gasteiger partial charge in [-0.25, -0.2) is 4.79 Å². The van der Waals surface area contributed by atoms with Crippen molar-refractivity contribution in [1.82, 2.24) is 4.90 Å². The Balaban J connectivity index is 2.62. The van der Waals surface area contributed by atoms with Crippen molar-refractivity contribution < 1.29 is 9.53 Å². The molecule has 1 atom stereocenters. The summed E-state index contributed by atoms with van der Waals surface area (Å²) in [6.45, 7) is 7.36. The highest BCUT2D eigenvalue weighted by Gasteiger charge is 2.24. The van der Waals surface area contributed by atoms with Crippen LogP contribution in [-0.2, 0) is 4.74 Å². The van der Waals surface area contributed by atoms with E-state index in [1.807, 2.05) is 27.7 Å². The van der Waals surface area contributed by atoms with Crippen LogP contribution in [0.4, 0.5) is 4.79 Å². The summed E-state index contributed by atoms with van der Waals surface area (Å²) in [5.74, 6) is 0. The van der Waals surface area contributed by atoms with Gasteiger partial charge in [0.2, 0.25) is 0 Å². The molecular formula is C10H16N2O2. The van der Waals surface area contributed by atoms with Crippen molar-refractivity contribution in [3.05, 3.63) is 12.3 Å². The van der Waals surface area contributed by atoms with Crippen LogP contribution in [0.3, 0.4) is 0 Å². The van der Waals surface area contributed by atoms with Crippen molar-refractivity contribution in [3.8, 4) is 0 Å². The van der Waals surface area contributed by atoms with E-state index in [2.05, 4.69) is 4.99 Å². The number of ether oxygens (including phenoxy) is 1. The third kappa shape index (κ3) is 2.87. The average molecular weight is 196 g/mol. The van der Waals surface area contributed by atoms with Gasteiger partial charge in [-0.05, 0) is 33.8 Å². The van der Waals surface area contributed by atoms with Gasteiger partial charge in [-0.3, -0.25) is 9.89 Å². The lowest BCUT2D eigenvalue weighted by molar-refractivity contribution is 0.0284. The molecule has 1 aliphatic rings. The van der Waals surface area contributed by atoms with E-state index in [9.17, 15) is 4.79 Å². The molecule has 0 aromatic rings. The molecule has 0 radical (unpaired) electrons. The third-order valence-corrected chi connectivity index (χ3v) is 1.64. The second-order valence-corrected chi connectivity index (χ2v) is 4.16. The minimum absolute atomic E-state index is 0.185. The molecule has 4 heteroatoms. The molecule has 14 heavy (non-hydrogen) atoms. The van der Waals surface area contributed by atoms with Crippen LogP contribution in [0.1, 0.15) is 27.7 Å². The van der Waals surface area contributed by atoms with E-state index >= 15 is 0 Å². The molecule has 0 N–H and O–H groups in total. The first kappa shape index (κ1) is 10.8. The van der Waals surface area contributed by atoms with Crippen molar-refractivity contribution in [2.24, 2.45) is 4.99 Å². The Morgan fingerprint density at radius 2 is 2.14 bits per heavy atom. The van der Waals surface area contributed by atoms with Crippen LogP contribution in [0.2, 0.25) is 0 Å². The highest BCUT2D eigenvalue weighted by molar-refractivity contribution is 5.77. The highest BCUT2D eigenvalue weighted by Crippen LogP contribution is 2.13. The number of nitrogens with zero attached hydrogens (tertiary/aromatic N) is 2. The smallest absolute Gasteiger partial charge is 0.416 e. The van der Waals surface area contributed by atoms with Gasteiger partial charge in [0.05, 0.1) is 0 Å². The Bertz CT molecular complexity index is 276. The second-order valence-electron chi connectivity index (χ2n) is 4.16. The number of hydrogen-bond donors (Lipinski definition) is 0. The van der Waals surface area contributed by atoms with Crippen molar-refractivity contribution in [2.75, 3.05) is 0 Å². The summed E-state index contributed by atoms with van der Waals surface area (Å²) in [6, 6.07) is 0. The summed E-state index contributed by atoms with van der Waals surface area (Å²) in [4.78, 5) is 17.1. The Kier molecular flexibility index (Phi) is 2.93. The number of allylic oxidation sites excluding steroid dienone is 1. The standard InChI is InChI=1S/C10H16N2O2/c1-8-11-6-5-7-12(8)9(13)14-10(2,3)4/h5-8H,1-4H3. The summed E-state index contributed by atoms with van der Waals surface area (Å²) >= 11 is 0. The normalized spacial score (nSPS) is 21.1. The van der Waals surface area contributed by atoms with Crippen LogP contribution in [0.25, 0.3) is 0 Å². The van der Waals surface area contributed by atoms with E-state index in [-0.39, 0.29) is 12.3 Å². The van der Waals surface area contributed by atoms with Gasteiger partial charge in [0.1, 0.15) is 11.8 Å². The SMILES string of the molecule is CC1N=CC=CN1C(=O)OC(C)(C)C. The third-order valence-electron chi connectivity index (χ3n) is 1.64. The monoisotopic (exact) mass is 196 g/mol. The number of aliphatic imine (C=N–C) groups is 1. The largest absolute Gasteiger partial charge is 0.443 e. The Morgan fingerprint density at radius 1 is 1.50 bits per heavy atom. The van der Waals surface area contributed by atoms with E-state index in [1.54, 1.807) is 18.5 Å². The quantitative estimate of drug-likeness (QED) is 0.595. The number of amides is 1. The Labute approximate surface area is 84.3 Å². The van der Waals surface area contributed by atoms with E-state index in [4.69, 9.17) is 4.74 Å². The molecule has 4 nitrogen and oxygen atoms in total. The summed E-state index contributed by atoms with van der Waals surface area (Å²) in [5.41, 5.74) is -0.466. The van der Waals surface area contributed by atoms with E-state index in [0.29, 0.717) is 0 Å². The molecule has 0 aromatic heterocycles. The molecule has 78 valence electrons. The zero-order valence-corrected chi connectivity index (χ0v) is 9.02. The van der Waals surface area contributed by atoms with E-state index in [1.165, 1.54) is 4.90 Å². The van der Waals surface area contributed by atoms with Crippen LogP contribution in [0, 0.1) is 0 Å². The minimum atomic E-state index is -0.466. The van der Waals surface area contributed by atoms with E-state index in [0.717, 1.165) is 0 Å². The van der Waals surface area contributed by atoms with Crippen LogP contribution in [0.15, 0.2) is 17.3 Å². The van der Waals surface area contributed by atoms with Gasteiger partial charge in [-0.2, -0.15) is 0 Å². The van der Waals surface area contributed by atoms with Crippen LogP contribution in [0.5, 0.6) is 0 Å². The lowest BCUT2D eigenvalue weighted by Gasteiger charge is -2.28. The fourth-order valence-electron chi connectivity index (χ4n) is 1.03. The summed E-state index contributed by atoms with van der Waals surface area (Å²) in [5, 5.41) is 0. The highest BCUT2D eigenvalue weighted by atomic mass is 16.6. The maximum atomic E-state index is 11.6. The fourth-order valence-corrected chi connectivity index (χ4v) is 1.03. The molecule has 0 fully saturated rings. The molecule has 1 unspecified atom stereocenters. The molecule has 1 heterocycles. The van der Waals surface area contributed by atoms with Gasteiger partial charge < -0.3 is 4.74 Å². The van der Waals surface area contributed by atoms with Gasteiger partial charge in [-0.1, -0.05) is 0 Å². The van der Waals surface area contributed by atoms with Gasteiger partial charge >= 0.3 is 6.09 Å². The predicted octanol–water partition coefficient (Wildman–Crippen LogP) is 2.17. The number of hydrogen-bond acceptors (Lipinski definition) is 3. The van der Waals surface area contributed by atoms with Gasteiger partial charge in [0, 0.05) is 12.4 Å². The first-order valence-corrected chi connectivity index (χ1v) is 4.61. The van der Waals surface area contributed by atoms with Crippen molar-refractivity contribution >= 4 is 12.3 Å². The summed E-state index contributed by atoms with van der Waals surface area (Å²) in [7, 11) is 0. The Hall–Kier alpha value is -1.32. The molecule has 0 saturated carbocycles. The minimum Gasteiger partial charge on any atom is -0.443 e. The summed E-state index contributed by atoms with van der Waals surface area (Å²) < 4.78 is 5.21. The number of carbonyl (C=O) groups excluding carboxylic acids is 1. The predicted molar refractivity (Wildman–Crippen MR) is 55.2 cm³/mol. The van der Waals surface area contributed by atoms with Gasteiger partial charge in [0.15, 0.2) is 0 Å². The van der Waals surface area contributed by atoms with Crippen molar-refractivity contribution in [3.63, 3.8) is 0 Å². The molecule has 0 aliphatic carbocycles. The first-order valence-electron chi connectivity index (χ1n) is 4.61. The maximum absolute atomic E-state index is 11.6. The van der Waals surface area contributed by atoms with Gasteiger partial charge in [0.25, 0.3) is 0 Å². The number of carbonyl (C=O) groups is 1. The van der Waals surface area contributed by atoms with E-state index < -0.39 is 5.60 Å². The fraction of sp³-hybridized carbons (Fsp3) is 0.600. The molecule has 0 saturated heterocycles. The van der Waals surface area contributed by atoms with Gasteiger partial charge in [-0.15, -0.1) is 0 Å². The van der Waals surface area contributed by atoms with Crippen molar-refractivity contribution in [2.45, 2.75) is 39.5 Å². The van der Waals surface area contributed by atoms with Crippen molar-refractivity contribution in [1.29, 1.82) is 0 Å². The molecule has 1 rings (SSSR count). The summed E-state index contributed by atoms with van der Waals surface area (Å²) in [6.07, 6.45) is 4.51. The molecule has 1 aliphatic heterocycles. The second kappa shape index (κ2) is 3.82. The zero-order valence-electron chi connectivity index (χ0n) is 9.02. The average Bonchev–Trinajstić information content (AvgIpc) is 2.01. The molecule has 0 aromatic carbocycles. The molecular weight excluding hydrogens is 180 g/mol. The first-order chi connectivity index (χ1) is 6.40. The number of rotatable bonds is 0. The topological polar surface area (TPSA) is 41.9 Å². The van der Waals surface area contributed by atoms with Crippen LogP contribution in [-0.4, -0.2) is 29.0 Å². The lowest BCUT2D eigenvalue weighted by Crippen LogP contribution is -2.38. The Morgan fingerprint density at radius 3 is 2.64 bits per heavy atom. The zero-order chi connectivity index (χ0) is 10.8. The van der Waals surface area contributed by atoms with Crippen LogP contribution >= 0.6 is 0 Å². The van der Waals surface area contributed by atoms with Crippen LogP contribution < -0.4 is 0 Å². The molecule has 0 bridgehead atoms. The maximum Gasteiger partial charge on any atom is 0.416 e. The molecule has 0 spiro atoms. The lowest BCUT2D eigenvalue weighted by atomic mass is 10.2.